The minimum absolute atomic E-state index is 0.138. The van der Waals surface area contributed by atoms with Crippen molar-refractivity contribution in [3.63, 3.8) is 0 Å². The van der Waals surface area contributed by atoms with Crippen LogP contribution in [0.1, 0.15) is 50.1 Å². The molecule has 0 N–H and O–H groups in total. The maximum absolute atomic E-state index is 14.2. The van der Waals surface area contributed by atoms with Crippen LogP contribution in [0.5, 0.6) is 0 Å². The van der Waals surface area contributed by atoms with Crippen LogP contribution >= 0.6 is 0 Å². The highest BCUT2D eigenvalue weighted by Crippen LogP contribution is 2.44. The molecule has 0 fully saturated rings. The van der Waals surface area contributed by atoms with Crippen LogP contribution in [-0.2, 0) is 12.4 Å². The van der Waals surface area contributed by atoms with Crippen LogP contribution in [0.4, 0.5) is 26.3 Å². The fourth-order valence-electron chi connectivity index (χ4n) is 3.72. The molecule has 0 aromatic heterocycles. The van der Waals surface area contributed by atoms with Crippen LogP contribution in [0.25, 0.3) is 11.1 Å². The van der Waals surface area contributed by atoms with E-state index in [2.05, 4.69) is 0 Å². The molecule has 0 aliphatic heterocycles. The van der Waals surface area contributed by atoms with Crippen molar-refractivity contribution >= 4 is 11.1 Å². The largest absolute Gasteiger partial charge is 0.418 e. The van der Waals surface area contributed by atoms with Gasteiger partial charge >= 0.3 is 12.4 Å². The number of benzene rings is 2. The van der Waals surface area contributed by atoms with Crippen LogP contribution < -0.4 is 10.4 Å². The second kappa shape index (κ2) is 10.7. The first-order valence-corrected chi connectivity index (χ1v) is 9.72. The molecule has 2 aromatic rings. The number of hydrogen-bond acceptors (Lipinski definition) is 9. The van der Waals surface area contributed by atoms with E-state index in [1.54, 1.807) is 0 Å². The molecule has 40 heavy (non-hydrogen) atoms. The summed E-state index contributed by atoms with van der Waals surface area (Å²) in [6, 6.07) is 10.9. The third-order valence-corrected chi connectivity index (χ3v) is 5.18. The summed E-state index contributed by atoms with van der Waals surface area (Å²) in [5.74, 6) is 0. The van der Waals surface area contributed by atoms with E-state index in [-0.39, 0.29) is 6.07 Å². The molecule has 0 spiro atoms. The standard InChI is InChI=1S/C25HF6N9/c26-24(27,28)19-1-11(2-32)21(23(17(19)9-39)25(29,30)31)18(10-40)22-15(7-37)13(5-35)20(12(3-33)4-34)14(6-36)16(22)8-38/h1H. The van der Waals surface area contributed by atoms with Gasteiger partial charge in [0.1, 0.15) is 54.1 Å². The summed E-state index contributed by atoms with van der Waals surface area (Å²) in [6.45, 7) is 0. The maximum atomic E-state index is 14.2. The van der Waals surface area contributed by atoms with Crippen LogP contribution in [0.2, 0.25) is 0 Å². The maximum Gasteiger partial charge on any atom is 0.418 e. The molecule has 2 aromatic carbocycles. The van der Waals surface area contributed by atoms with Gasteiger partial charge in [0, 0.05) is 16.0 Å². The molecule has 9 nitrogen and oxygen atoms in total. The smallest absolute Gasteiger partial charge is 0.192 e. The summed E-state index contributed by atoms with van der Waals surface area (Å²) >= 11 is 0. The SMILES string of the molecule is N#CC(C#N)=c1c(C#N)c(C#N)c(=C(C#N)c2c(C#N)cc(C(F)(F)F)c(C#N)c2C(F)(F)F)c(C#N)c1C#N. The van der Waals surface area contributed by atoms with E-state index in [0.29, 0.717) is 0 Å². The van der Waals surface area contributed by atoms with Gasteiger partial charge in [-0.05, 0) is 6.07 Å². The van der Waals surface area contributed by atoms with Crippen molar-refractivity contribution in [2.45, 2.75) is 12.4 Å². The van der Waals surface area contributed by atoms with Crippen molar-refractivity contribution in [2.75, 3.05) is 0 Å². The van der Waals surface area contributed by atoms with Gasteiger partial charge in [-0.3, -0.25) is 0 Å². The third-order valence-electron chi connectivity index (χ3n) is 5.18. The molecule has 0 amide bonds. The van der Waals surface area contributed by atoms with Crippen LogP contribution in [0, 0.1) is 102 Å². The highest BCUT2D eigenvalue weighted by molar-refractivity contribution is 5.87. The topological polar surface area (TPSA) is 214 Å². The Hall–Kier alpha value is -6.83. The summed E-state index contributed by atoms with van der Waals surface area (Å²) in [7, 11) is 0. The number of nitriles is 9. The van der Waals surface area contributed by atoms with Gasteiger partial charge in [0.15, 0.2) is 0 Å². The van der Waals surface area contributed by atoms with E-state index in [4.69, 9.17) is 0 Å². The summed E-state index contributed by atoms with van der Waals surface area (Å²) < 4.78 is 83.4. The number of alkyl halides is 6. The minimum atomic E-state index is -5.84. The molecule has 0 bridgehead atoms. The van der Waals surface area contributed by atoms with Crippen molar-refractivity contribution in [1.82, 2.24) is 0 Å². The first-order valence-electron chi connectivity index (χ1n) is 9.72. The normalized spacial score (nSPS) is 10.0. The third kappa shape index (κ3) is 4.53. The number of rotatable bonds is 1. The van der Waals surface area contributed by atoms with Crippen LogP contribution in [-0.4, -0.2) is 0 Å². The van der Waals surface area contributed by atoms with Crippen LogP contribution in [0.15, 0.2) is 6.07 Å². The molecule has 0 aliphatic carbocycles. The Morgan fingerprint density at radius 2 is 0.950 bits per heavy atom. The first kappa shape index (κ1) is 29.4. The monoisotopic (exact) mass is 541 g/mol. The predicted molar refractivity (Wildman–Crippen MR) is 113 cm³/mol. The summed E-state index contributed by atoms with van der Waals surface area (Å²) in [5.41, 5.74) is -16.4. The highest BCUT2D eigenvalue weighted by Gasteiger charge is 2.45. The van der Waals surface area contributed by atoms with Crippen molar-refractivity contribution in [2.24, 2.45) is 0 Å². The summed E-state index contributed by atoms with van der Waals surface area (Å²) in [4.78, 5) is 0. The van der Waals surface area contributed by atoms with Gasteiger partial charge in [-0.2, -0.15) is 73.7 Å². The molecule has 0 saturated carbocycles. The van der Waals surface area contributed by atoms with Gasteiger partial charge < -0.3 is 0 Å². The zero-order valence-electron chi connectivity index (χ0n) is 18.9. The van der Waals surface area contributed by atoms with Crippen molar-refractivity contribution < 1.29 is 26.3 Å². The summed E-state index contributed by atoms with van der Waals surface area (Å²) in [5, 5.41) is 84.1. The Labute approximate surface area is 218 Å². The molecular weight excluding hydrogens is 540 g/mol. The van der Waals surface area contributed by atoms with Gasteiger partial charge in [-0.1, -0.05) is 0 Å². The zero-order valence-corrected chi connectivity index (χ0v) is 18.9. The second-order valence-corrected chi connectivity index (χ2v) is 7.10. The van der Waals surface area contributed by atoms with Gasteiger partial charge in [0.25, 0.3) is 0 Å². The van der Waals surface area contributed by atoms with Gasteiger partial charge in [0.05, 0.1) is 56.1 Å². The fourth-order valence-corrected chi connectivity index (χ4v) is 3.72. The number of halogens is 6. The highest BCUT2D eigenvalue weighted by atomic mass is 19.4. The molecule has 0 saturated heterocycles. The van der Waals surface area contributed by atoms with Gasteiger partial charge in [-0.15, -0.1) is 0 Å². The van der Waals surface area contributed by atoms with E-state index < -0.39 is 84.0 Å². The van der Waals surface area contributed by atoms with Crippen molar-refractivity contribution in [1.29, 1.82) is 47.4 Å². The molecule has 2 rings (SSSR count). The average Bonchev–Trinajstić information content (AvgIpc) is 2.91. The van der Waals surface area contributed by atoms with Gasteiger partial charge in [-0.25, -0.2) is 0 Å². The zero-order chi connectivity index (χ0) is 30.6. The Morgan fingerprint density at radius 3 is 1.25 bits per heavy atom. The fraction of sp³-hybridized carbons (Fsp3) is 0.0800. The lowest BCUT2D eigenvalue weighted by Crippen LogP contribution is -2.30. The molecule has 188 valence electrons. The van der Waals surface area contributed by atoms with E-state index in [1.165, 1.54) is 42.5 Å². The molecule has 0 radical (unpaired) electrons. The summed E-state index contributed by atoms with van der Waals surface area (Å²) in [6.07, 6.45) is -11.4. The lowest BCUT2D eigenvalue weighted by Gasteiger charge is -2.20. The minimum Gasteiger partial charge on any atom is -0.192 e. The lowest BCUT2D eigenvalue weighted by molar-refractivity contribution is -0.143. The van der Waals surface area contributed by atoms with Crippen molar-refractivity contribution in [3.8, 4) is 54.6 Å². The van der Waals surface area contributed by atoms with Crippen LogP contribution in [0.3, 0.4) is 0 Å². The number of nitrogens with zero attached hydrogens (tertiary/aromatic N) is 9. The Bertz CT molecular complexity index is 1950. The van der Waals surface area contributed by atoms with E-state index >= 15 is 0 Å². The molecule has 15 heteroatoms. The van der Waals surface area contributed by atoms with E-state index in [9.17, 15) is 73.7 Å². The predicted octanol–water partition coefficient (Wildman–Crippen LogP) is 2.87. The Balaban J connectivity index is 3.77. The molecule has 0 heterocycles. The molecular formula is C25HF6N9. The number of hydrogen-bond donors (Lipinski definition) is 0. The first-order chi connectivity index (χ1) is 18.8. The molecule has 0 atom stereocenters. The van der Waals surface area contributed by atoms with E-state index in [1.807, 2.05) is 0 Å². The van der Waals surface area contributed by atoms with E-state index in [0.717, 1.165) is 12.1 Å². The quantitative estimate of drug-likeness (QED) is 0.484. The second-order valence-electron chi connectivity index (χ2n) is 7.10. The Kier molecular flexibility index (Phi) is 7.83. The average molecular weight is 541 g/mol. The van der Waals surface area contributed by atoms with Gasteiger partial charge in [0.2, 0.25) is 0 Å². The molecule has 0 unspecified atom stereocenters. The van der Waals surface area contributed by atoms with Crippen molar-refractivity contribution in [3.05, 3.63) is 66.6 Å². The molecule has 0 aliphatic rings. The lowest BCUT2D eigenvalue weighted by atomic mass is 9.84. The Morgan fingerprint density at radius 1 is 0.525 bits per heavy atom.